The number of aromatic nitrogens is 2. The highest BCUT2D eigenvalue weighted by Gasteiger charge is 2.16. The quantitative estimate of drug-likeness (QED) is 0.721. The predicted molar refractivity (Wildman–Crippen MR) is 99.8 cm³/mol. The van der Waals surface area contributed by atoms with Crippen molar-refractivity contribution in [1.82, 2.24) is 14.9 Å². The molecule has 3 aromatic rings. The molecule has 140 valence electrons. The summed E-state index contributed by atoms with van der Waals surface area (Å²) in [4.78, 5) is 29.2. The first-order chi connectivity index (χ1) is 13.1. The Hall–Kier alpha value is -3.09. The van der Waals surface area contributed by atoms with E-state index in [-0.39, 0.29) is 24.1 Å². The van der Waals surface area contributed by atoms with Crippen molar-refractivity contribution in [2.24, 2.45) is 0 Å². The largest absolute Gasteiger partial charge is 0.484 e. The van der Waals surface area contributed by atoms with Crippen LogP contribution in [0.4, 0.5) is 0 Å². The van der Waals surface area contributed by atoms with Crippen LogP contribution in [0.2, 0.25) is 0 Å². The molecule has 27 heavy (non-hydrogen) atoms. The van der Waals surface area contributed by atoms with E-state index < -0.39 is 0 Å². The van der Waals surface area contributed by atoms with Crippen molar-refractivity contribution in [3.8, 4) is 5.75 Å². The van der Waals surface area contributed by atoms with E-state index in [2.05, 4.69) is 10.3 Å². The molecule has 1 aromatic carbocycles. The van der Waals surface area contributed by atoms with Gasteiger partial charge in [0.15, 0.2) is 6.61 Å². The molecule has 7 nitrogen and oxygen atoms in total. The van der Waals surface area contributed by atoms with Gasteiger partial charge in [0, 0.05) is 25.4 Å². The van der Waals surface area contributed by atoms with Crippen molar-refractivity contribution in [2.45, 2.75) is 38.8 Å². The average molecular weight is 367 g/mol. The molecule has 1 aliphatic heterocycles. The highest BCUT2D eigenvalue weighted by Crippen LogP contribution is 2.19. The highest BCUT2D eigenvalue weighted by molar-refractivity contribution is 5.80. The molecule has 3 heterocycles. The summed E-state index contributed by atoms with van der Waals surface area (Å²) in [5.41, 5.74) is 0.617. The van der Waals surface area contributed by atoms with Gasteiger partial charge in [-0.15, -0.1) is 0 Å². The van der Waals surface area contributed by atoms with E-state index in [0.29, 0.717) is 29.6 Å². The Labute approximate surface area is 156 Å². The Bertz CT molecular complexity index is 1020. The van der Waals surface area contributed by atoms with E-state index in [1.807, 2.05) is 19.1 Å². The molecular weight excluding hydrogens is 346 g/mol. The summed E-state index contributed by atoms with van der Waals surface area (Å²) in [6.07, 6.45) is 4.00. The van der Waals surface area contributed by atoms with Gasteiger partial charge in [-0.2, -0.15) is 0 Å². The number of hydrogen-bond acceptors (Lipinski definition) is 5. The van der Waals surface area contributed by atoms with E-state index in [1.54, 1.807) is 29.0 Å². The Morgan fingerprint density at radius 3 is 3.11 bits per heavy atom. The van der Waals surface area contributed by atoms with Gasteiger partial charge in [-0.3, -0.25) is 14.2 Å². The number of nitrogens with zero attached hydrogens (tertiary/aromatic N) is 2. The minimum Gasteiger partial charge on any atom is -0.484 e. The van der Waals surface area contributed by atoms with Crippen LogP contribution in [0.15, 0.2) is 45.8 Å². The fourth-order valence-electron chi connectivity index (χ4n) is 3.40. The molecule has 0 fully saturated rings. The number of aryl methyl sites for hydroxylation is 1. The van der Waals surface area contributed by atoms with E-state index in [1.165, 1.54) is 0 Å². The lowest BCUT2D eigenvalue weighted by Gasteiger charge is -2.13. The molecule has 0 saturated heterocycles. The fraction of sp³-hybridized carbons (Fsp3) is 0.350. The topological polar surface area (TPSA) is 86.4 Å². The zero-order chi connectivity index (χ0) is 18.8. The molecule has 0 spiro atoms. The minimum atomic E-state index is -0.224. The molecule has 1 aliphatic rings. The molecule has 1 unspecified atom stereocenters. The first-order valence-corrected chi connectivity index (χ1v) is 9.08. The molecule has 1 atom stereocenters. The molecule has 1 amide bonds. The van der Waals surface area contributed by atoms with Gasteiger partial charge in [0.1, 0.15) is 17.3 Å². The molecule has 0 bridgehead atoms. The van der Waals surface area contributed by atoms with Gasteiger partial charge in [-0.05, 0) is 43.7 Å². The van der Waals surface area contributed by atoms with Crippen molar-refractivity contribution in [2.75, 3.05) is 6.61 Å². The third-order valence-corrected chi connectivity index (χ3v) is 4.65. The van der Waals surface area contributed by atoms with Crippen molar-refractivity contribution >= 4 is 16.8 Å². The number of rotatable bonds is 6. The van der Waals surface area contributed by atoms with Crippen LogP contribution in [0.5, 0.6) is 5.75 Å². The van der Waals surface area contributed by atoms with E-state index in [0.717, 1.165) is 24.4 Å². The first kappa shape index (κ1) is 17.3. The second kappa shape index (κ2) is 7.26. The first-order valence-electron chi connectivity index (χ1n) is 9.08. The van der Waals surface area contributed by atoms with Crippen LogP contribution in [-0.2, 0) is 24.2 Å². The summed E-state index contributed by atoms with van der Waals surface area (Å²) in [5.74, 6) is 1.91. The number of carbonyl (C=O) groups excluding carboxylic acids is 1. The highest BCUT2D eigenvalue weighted by atomic mass is 16.5. The van der Waals surface area contributed by atoms with Gasteiger partial charge >= 0.3 is 0 Å². The van der Waals surface area contributed by atoms with Crippen LogP contribution in [0.3, 0.4) is 0 Å². The maximum absolute atomic E-state index is 12.6. The van der Waals surface area contributed by atoms with Crippen molar-refractivity contribution in [1.29, 1.82) is 0 Å². The Morgan fingerprint density at radius 1 is 1.41 bits per heavy atom. The molecule has 7 heteroatoms. The van der Waals surface area contributed by atoms with Crippen molar-refractivity contribution in [3.05, 3.63) is 58.5 Å². The van der Waals surface area contributed by atoms with Gasteiger partial charge < -0.3 is 14.5 Å². The fourth-order valence-corrected chi connectivity index (χ4v) is 3.40. The number of hydrogen-bond donors (Lipinski definition) is 1. The number of benzene rings is 1. The van der Waals surface area contributed by atoms with E-state index >= 15 is 0 Å². The average Bonchev–Trinajstić information content (AvgIpc) is 3.32. The summed E-state index contributed by atoms with van der Waals surface area (Å²) < 4.78 is 12.6. The summed E-state index contributed by atoms with van der Waals surface area (Å²) in [6, 6.07) is 8.79. The Kier molecular flexibility index (Phi) is 4.66. The second-order valence-electron chi connectivity index (χ2n) is 6.81. The molecule has 2 aromatic heterocycles. The lowest BCUT2D eigenvalue weighted by molar-refractivity contribution is -0.123. The van der Waals surface area contributed by atoms with Gasteiger partial charge in [-0.1, -0.05) is 0 Å². The number of amides is 1. The van der Waals surface area contributed by atoms with E-state index in [9.17, 15) is 9.59 Å². The number of fused-ring (bicyclic) bond motifs is 2. The zero-order valence-electron chi connectivity index (χ0n) is 15.1. The molecule has 4 rings (SSSR count). The summed E-state index contributed by atoms with van der Waals surface area (Å²) in [6.45, 7) is 2.50. The third kappa shape index (κ3) is 3.72. The molecular formula is C20H21N3O4. The molecule has 0 radical (unpaired) electrons. The molecule has 1 N–H and O–H groups in total. The lowest BCUT2D eigenvalue weighted by Crippen LogP contribution is -2.37. The maximum atomic E-state index is 12.6. The minimum absolute atomic E-state index is 0.0468. The lowest BCUT2D eigenvalue weighted by atomic mass is 10.2. The van der Waals surface area contributed by atoms with Crippen LogP contribution in [0.25, 0.3) is 10.9 Å². The third-order valence-electron chi connectivity index (χ3n) is 4.65. The van der Waals surface area contributed by atoms with Crippen LogP contribution < -0.4 is 15.6 Å². The SMILES string of the molecule is CC(Cc1ccco1)NC(=O)COc1ccc2nc3n(c(=O)c2c1)CCC3. The van der Waals surface area contributed by atoms with Crippen LogP contribution in [0.1, 0.15) is 24.9 Å². The molecule has 0 aliphatic carbocycles. The van der Waals surface area contributed by atoms with Crippen LogP contribution in [-0.4, -0.2) is 28.1 Å². The van der Waals surface area contributed by atoms with Gasteiger partial charge in [0.25, 0.3) is 11.5 Å². The monoisotopic (exact) mass is 367 g/mol. The van der Waals surface area contributed by atoms with Crippen LogP contribution in [0, 0.1) is 0 Å². The van der Waals surface area contributed by atoms with Crippen molar-refractivity contribution < 1.29 is 13.9 Å². The van der Waals surface area contributed by atoms with Gasteiger partial charge in [0.2, 0.25) is 0 Å². The zero-order valence-corrected chi connectivity index (χ0v) is 15.1. The molecule has 0 saturated carbocycles. The summed E-state index contributed by atoms with van der Waals surface area (Å²) in [5, 5.41) is 3.39. The van der Waals surface area contributed by atoms with E-state index in [4.69, 9.17) is 9.15 Å². The van der Waals surface area contributed by atoms with Gasteiger partial charge in [-0.25, -0.2) is 4.98 Å². The standard InChI is InChI=1S/C20H21N3O4/c1-13(10-14-4-3-9-26-14)21-19(24)12-27-15-6-7-17-16(11-15)20(25)23-8-2-5-18(23)22-17/h3-4,6-7,9,11,13H,2,5,8,10,12H2,1H3,(H,21,24). The summed E-state index contributed by atoms with van der Waals surface area (Å²) in [7, 11) is 0. The number of furan rings is 1. The van der Waals surface area contributed by atoms with Crippen LogP contribution >= 0.6 is 0 Å². The Balaban J connectivity index is 1.40. The maximum Gasteiger partial charge on any atom is 0.261 e. The second-order valence-corrected chi connectivity index (χ2v) is 6.81. The smallest absolute Gasteiger partial charge is 0.261 e. The van der Waals surface area contributed by atoms with Gasteiger partial charge in [0.05, 0.1) is 17.2 Å². The predicted octanol–water partition coefficient (Wildman–Crippen LogP) is 2.06. The number of carbonyl (C=O) groups is 1. The number of ether oxygens (including phenoxy) is 1. The van der Waals surface area contributed by atoms with Crippen molar-refractivity contribution in [3.63, 3.8) is 0 Å². The normalized spacial score (nSPS) is 14.1. The number of nitrogens with one attached hydrogen (secondary N) is 1. The Morgan fingerprint density at radius 2 is 2.30 bits per heavy atom. The summed E-state index contributed by atoms with van der Waals surface area (Å²) >= 11 is 0.